The SMILES string of the molecule is COc1ccc(C(=O)Nc2nnc(-c3ccnn3C(C)C)o2)cc1. The van der Waals surface area contributed by atoms with E-state index < -0.39 is 0 Å². The molecular formula is C16H17N5O3. The van der Waals surface area contributed by atoms with Crippen LogP contribution < -0.4 is 10.1 Å². The van der Waals surface area contributed by atoms with Crippen molar-refractivity contribution in [3.63, 3.8) is 0 Å². The number of methoxy groups -OCH3 is 1. The lowest BCUT2D eigenvalue weighted by molar-refractivity contribution is 0.102. The summed E-state index contributed by atoms with van der Waals surface area (Å²) in [6.45, 7) is 4.00. The average molecular weight is 327 g/mol. The number of carbonyl (C=O) groups is 1. The molecule has 0 fully saturated rings. The van der Waals surface area contributed by atoms with E-state index in [1.807, 2.05) is 13.8 Å². The number of hydrogen-bond acceptors (Lipinski definition) is 6. The Morgan fingerprint density at radius 2 is 1.96 bits per heavy atom. The third-order valence-corrected chi connectivity index (χ3v) is 3.38. The first-order valence-electron chi connectivity index (χ1n) is 7.41. The second kappa shape index (κ2) is 6.53. The van der Waals surface area contributed by atoms with Gasteiger partial charge in [-0.2, -0.15) is 5.10 Å². The first kappa shape index (κ1) is 15.7. The molecule has 3 rings (SSSR count). The Labute approximate surface area is 138 Å². The molecule has 0 atom stereocenters. The van der Waals surface area contributed by atoms with Gasteiger partial charge >= 0.3 is 6.01 Å². The third kappa shape index (κ3) is 3.12. The summed E-state index contributed by atoms with van der Waals surface area (Å²) in [5.74, 6) is 0.630. The largest absolute Gasteiger partial charge is 0.497 e. The molecule has 1 aromatic carbocycles. The number of carbonyl (C=O) groups excluding carboxylic acids is 1. The minimum absolute atomic E-state index is 0.0299. The maximum absolute atomic E-state index is 12.2. The van der Waals surface area contributed by atoms with E-state index in [4.69, 9.17) is 9.15 Å². The second-order valence-electron chi connectivity index (χ2n) is 5.35. The fraction of sp³-hybridized carbons (Fsp3) is 0.250. The number of hydrogen-bond donors (Lipinski definition) is 1. The van der Waals surface area contributed by atoms with Crippen LogP contribution in [0.5, 0.6) is 5.75 Å². The van der Waals surface area contributed by atoms with Gasteiger partial charge in [0.2, 0.25) is 0 Å². The molecule has 0 bridgehead atoms. The van der Waals surface area contributed by atoms with Gasteiger partial charge in [-0.1, -0.05) is 5.10 Å². The van der Waals surface area contributed by atoms with Crippen molar-refractivity contribution in [3.8, 4) is 17.3 Å². The number of nitrogens with one attached hydrogen (secondary N) is 1. The number of amides is 1. The van der Waals surface area contributed by atoms with Crippen LogP contribution in [-0.2, 0) is 0 Å². The Morgan fingerprint density at radius 3 is 2.62 bits per heavy atom. The van der Waals surface area contributed by atoms with Gasteiger partial charge in [0.1, 0.15) is 11.4 Å². The van der Waals surface area contributed by atoms with Crippen molar-refractivity contribution in [2.24, 2.45) is 0 Å². The Kier molecular flexibility index (Phi) is 4.28. The number of aromatic nitrogens is 4. The summed E-state index contributed by atoms with van der Waals surface area (Å²) in [7, 11) is 1.57. The molecule has 0 unspecified atom stereocenters. The van der Waals surface area contributed by atoms with Crippen LogP contribution in [0.25, 0.3) is 11.6 Å². The molecule has 24 heavy (non-hydrogen) atoms. The molecule has 1 amide bonds. The van der Waals surface area contributed by atoms with E-state index in [2.05, 4.69) is 20.6 Å². The smallest absolute Gasteiger partial charge is 0.322 e. The standard InChI is InChI=1S/C16H17N5O3/c1-10(2)21-13(8-9-17-21)15-19-20-16(24-15)18-14(22)11-4-6-12(23-3)7-5-11/h4-10H,1-3H3,(H,18,20,22). The van der Waals surface area contributed by atoms with Crippen LogP contribution in [0.4, 0.5) is 6.01 Å². The second-order valence-corrected chi connectivity index (χ2v) is 5.35. The molecule has 1 N–H and O–H groups in total. The van der Waals surface area contributed by atoms with Crippen molar-refractivity contribution in [1.82, 2.24) is 20.0 Å². The summed E-state index contributed by atoms with van der Waals surface area (Å²) in [5.41, 5.74) is 1.16. The average Bonchev–Trinajstić information content (AvgIpc) is 3.23. The molecule has 2 heterocycles. The highest BCUT2D eigenvalue weighted by Gasteiger charge is 2.16. The first-order chi connectivity index (χ1) is 11.6. The molecule has 0 saturated heterocycles. The van der Waals surface area contributed by atoms with Gasteiger partial charge in [-0.3, -0.25) is 14.8 Å². The molecule has 3 aromatic rings. The number of nitrogens with zero attached hydrogens (tertiary/aromatic N) is 4. The third-order valence-electron chi connectivity index (χ3n) is 3.38. The fourth-order valence-electron chi connectivity index (χ4n) is 2.18. The van der Waals surface area contributed by atoms with Crippen molar-refractivity contribution < 1.29 is 13.9 Å². The van der Waals surface area contributed by atoms with Gasteiger partial charge in [0.25, 0.3) is 11.8 Å². The quantitative estimate of drug-likeness (QED) is 0.774. The lowest BCUT2D eigenvalue weighted by atomic mass is 10.2. The van der Waals surface area contributed by atoms with E-state index in [0.29, 0.717) is 22.9 Å². The molecule has 0 radical (unpaired) electrons. The van der Waals surface area contributed by atoms with Crippen molar-refractivity contribution in [2.75, 3.05) is 12.4 Å². The summed E-state index contributed by atoms with van der Waals surface area (Å²) in [6, 6.07) is 8.67. The van der Waals surface area contributed by atoms with Crippen LogP contribution in [0.1, 0.15) is 30.2 Å². The van der Waals surface area contributed by atoms with Crippen molar-refractivity contribution in [3.05, 3.63) is 42.1 Å². The monoisotopic (exact) mass is 327 g/mol. The lowest BCUT2D eigenvalue weighted by Gasteiger charge is -2.07. The van der Waals surface area contributed by atoms with Gasteiger partial charge in [0.15, 0.2) is 0 Å². The predicted molar refractivity (Wildman–Crippen MR) is 86.9 cm³/mol. The molecule has 0 aliphatic carbocycles. The zero-order valence-corrected chi connectivity index (χ0v) is 13.6. The Morgan fingerprint density at radius 1 is 1.21 bits per heavy atom. The minimum atomic E-state index is -0.342. The Balaban J connectivity index is 1.76. The van der Waals surface area contributed by atoms with E-state index in [-0.39, 0.29) is 18.0 Å². The zero-order valence-electron chi connectivity index (χ0n) is 13.6. The highest BCUT2D eigenvalue weighted by atomic mass is 16.5. The van der Waals surface area contributed by atoms with Gasteiger partial charge in [0, 0.05) is 17.8 Å². The molecule has 2 aromatic heterocycles. The Hall–Kier alpha value is -3.16. The minimum Gasteiger partial charge on any atom is -0.497 e. The normalized spacial score (nSPS) is 10.8. The van der Waals surface area contributed by atoms with Crippen LogP contribution >= 0.6 is 0 Å². The van der Waals surface area contributed by atoms with Gasteiger partial charge in [0.05, 0.1) is 7.11 Å². The van der Waals surface area contributed by atoms with E-state index in [1.54, 1.807) is 48.3 Å². The van der Waals surface area contributed by atoms with E-state index in [1.165, 1.54) is 0 Å². The van der Waals surface area contributed by atoms with Crippen LogP contribution in [-0.4, -0.2) is 33.0 Å². The summed E-state index contributed by atoms with van der Waals surface area (Å²) in [4.78, 5) is 12.2. The number of rotatable bonds is 5. The maximum atomic E-state index is 12.2. The molecule has 0 aliphatic heterocycles. The lowest BCUT2D eigenvalue weighted by Crippen LogP contribution is -2.11. The van der Waals surface area contributed by atoms with Crippen LogP contribution in [0.3, 0.4) is 0 Å². The highest BCUT2D eigenvalue weighted by Crippen LogP contribution is 2.22. The molecule has 0 spiro atoms. The first-order valence-corrected chi connectivity index (χ1v) is 7.41. The molecule has 8 heteroatoms. The topological polar surface area (TPSA) is 95.1 Å². The zero-order chi connectivity index (χ0) is 17.1. The van der Waals surface area contributed by atoms with Crippen LogP contribution in [0.15, 0.2) is 40.9 Å². The Bertz CT molecular complexity index is 836. The van der Waals surface area contributed by atoms with E-state index >= 15 is 0 Å². The molecule has 8 nitrogen and oxygen atoms in total. The van der Waals surface area contributed by atoms with Crippen molar-refractivity contribution >= 4 is 11.9 Å². The van der Waals surface area contributed by atoms with Gasteiger partial charge in [-0.15, -0.1) is 5.10 Å². The molecular weight excluding hydrogens is 310 g/mol. The summed E-state index contributed by atoms with van der Waals surface area (Å²) >= 11 is 0. The summed E-state index contributed by atoms with van der Waals surface area (Å²) in [5, 5.41) is 14.6. The van der Waals surface area contributed by atoms with Crippen molar-refractivity contribution in [2.45, 2.75) is 19.9 Å². The number of ether oxygens (including phenoxy) is 1. The highest BCUT2D eigenvalue weighted by molar-refractivity contribution is 6.03. The number of anilines is 1. The van der Waals surface area contributed by atoms with E-state index in [0.717, 1.165) is 0 Å². The fourth-order valence-corrected chi connectivity index (χ4v) is 2.18. The van der Waals surface area contributed by atoms with Crippen LogP contribution in [0, 0.1) is 0 Å². The van der Waals surface area contributed by atoms with Crippen molar-refractivity contribution in [1.29, 1.82) is 0 Å². The molecule has 124 valence electrons. The maximum Gasteiger partial charge on any atom is 0.322 e. The van der Waals surface area contributed by atoms with Gasteiger partial charge < -0.3 is 9.15 Å². The molecule has 0 saturated carbocycles. The van der Waals surface area contributed by atoms with E-state index in [9.17, 15) is 4.79 Å². The summed E-state index contributed by atoms with van der Waals surface area (Å²) < 4.78 is 12.3. The van der Waals surface area contributed by atoms with Gasteiger partial charge in [-0.25, -0.2) is 0 Å². The predicted octanol–water partition coefficient (Wildman–Crippen LogP) is 2.77. The van der Waals surface area contributed by atoms with Crippen LogP contribution in [0.2, 0.25) is 0 Å². The molecule has 0 aliphatic rings. The van der Waals surface area contributed by atoms with Gasteiger partial charge in [-0.05, 0) is 44.2 Å². The summed E-state index contributed by atoms with van der Waals surface area (Å²) in [6.07, 6.45) is 1.66. The number of benzene rings is 1.